The first-order chi connectivity index (χ1) is 9.38. The molecule has 2 aliphatic carbocycles. The number of rotatable bonds is 6. The summed E-state index contributed by atoms with van der Waals surface area (Å²) in [5.74, 6) is 0.955. The van der Waals surface area contributed by atoms with E-state index in [1.54, 1.807) is 0 Å². The predicted molar refractivity (Wildman–Crippen MR) is 78.4 cm³/mol. The Balaban J connectivity index is 1.56. The molecule has 0 spiro atoms. The molecule has 1 aliphatic heterocycles. The smallest absolute Gasteiger partial charge is 0.0730 e. The fourth-order valence-corrected chi connectivity index (χ4v) is 3.86. The van der Waals surface area contributed by atoms with Gasteiger partial charge in [-0.1, -0.05) is 19.8 Å². The van der Waals surface area contributed by atoms with E-state index in [1.807, 2.05) is 0 Å². The number of nitrogens with one attached hydrogen (secondary N) is 1. The number of fused-ring (bicyclic) bond motifs is 1. The molecule has 3 unspecified atom stereocenters. The van der Waals surface area contributed by atoms with Gasteiger partial charge in [-0.25, -0.2) is 0 Å². The normalized spacial score (nSPS) is 33.9. The zero-order valence-electron chi connectivity index (χ0n) is 12.4. The molecule has 3 nitrogen and oxygen atoms in total. The van der Waals surface area contributed by atoms with Crippen molar-refractivity contribution in [3.8, 4) is 0 Å². The second-order valence-electron chi connectivity index (χ2n) is 6.65. The van der Waals surface area contributed by atoms with Crippen molar-refractivity contribution in [1.29, 1.82) is 0 Å². The number of hydrogen-bond donors (Lipinski definition) is 1. The Morgan fingerprint density at radius 1 is 1.21 bits per heavy atom. The molecule has 0 bridgehead atoms. The maximum absolute atomic E-state index is 5.99. The monoisotopic (exact) mass is 266 g/mol. The molecule has 19 heavy (non-hydrogen) atoms. The number of nitrogens with zero attached hydrogens (tertiary/aromatic N) is 1. The Labute approximate surface area is 118 Å². The molecule has 1 N–H and O–H groups in total. The van der Waals surface area contributed by atoms with Gasteiger partial charge in [0.25, 0.3) is 0 Å². The van der Waals surface area contributed by atoms with Crippen molar-refractivity contribution < 1.29 is 4.74 Å². The van der Waals surface area contributed by atoms with Gasteiger partial charge in [0.1, 0.15) is 0 Å². The lowest BCUT2D eigenvalue weighted by atomic mass is 9.89. The predicted octanol–water partition coefficient (Wildman–Crippen LogP) is 2.41. The van der Waals surface area contributed by atoms with Crippen LogP contribution in [0.1, 0.15) is 51.9 Å². The maximum atomic E-state index is 5.99. The molecule has 3 heteroatoms. The Hall–Kier alpha value is -0.120. The first-order valence-electron chi connectivity index (χ1n) is 8.47. The topological polar surface area (TPSA) is 24.5 Å². The Morgan fingerprint density at radius 2 is 2.05 bits per heavy atom. The zero-order valence-corrected chi connectivity index (χ0v) is 12.4. The lowest BCUT2D eigenvalue weighted by molar-refractivity contribution is -0.0907. The summed E-state index contributed by atoms with van der Waals surface area (Å²) in [6, 6.07) is 1.45. The summed E-state index contributed by atoms with van der Waals surface area (Å²) < 4.78 is 5.99. The van der Waals surface area contributed by atoms with Gasteiger partial charge >= 0.3 is 0 Å². The second-order valence-corrected chi connectivity index (χ2v) is 6.65. The van der Waals surface area contributed by atoms with E-state index >= 15 is 0 Å². The van der Waals surface area contributed by atoms with Crippen molar-refractivity contribution in [2.75, 3.05) is 26.2 Å². The van der Waals surface area contributed by atoms with Crippen LogP contribution in [-0.2, 0) is 4.74 Å². The molecule has 0 radical (unpaired) electrons. The largest absolute Gasteiger partial charge is 0.375 e. The fraction of sp³-hybridized carbons (Fsp3) is 1.00. The van der Waals surface area contributed by atoms with E-state index in [4.69, 9.17) is 4.74 Å². The molecule has 1 heterocycles. The van der Waals surface area contributed by atoms with Gasteiger partial charge in [-0.15, -0.1) is 0 Å². The van der Waals surface area contributed by atoms with Crippen LogP contribution in [0, 0.1) is 5.92 Å². The van der Waals surface area contributed by atoms with E-state index in [9.17, 15) is 0 Å². The van der Waals surface area contributed by atoms with Gasteiger partial charge in [-0.2, -0.15) is 0 Å². The minimum Gasteiger partial charge on any atom is -0.375 e. The molecule has 3 rings (SSSR count). The van der Waals surface area contributed by atoms with Crippen molar-refractivity contribution in [3.63, 3.8) is 0 Å². The van der Waals surface area contributed by atoms with Gasteiger partial charge < -0.3 is 10.1 Å². The lowest BCUT2D eigenvalue weighted by Gasteiger charge is -2.45. The van der Waals surface area contributed by atoms with Crippen molar-refractivity contribution in [1.82, 2.24) is 10.2 Å². The average molecular weight is 266 g/mol. The number of morpholine rings is 1. The molecule has 110 valence electrons. The van der Waals surface area contributed by atoms with Crippen LogP contribution in [0.25, 0.3) is 0 Å². The minimum absolute atomic E-state index is 0.536. The van der Waals surface area contributed by atoms with Crippen LogP contribution >= 0.6 is 0 Å². The molecule has 0 aromatic rings. The SMILES string of the molecule is CCCNC(CN1CCOC2CCCCC21)C1CC1. The van der Waals surface area contributed by atoms with Crippen molar-refractivity contribution >= 4 is 0 Å². The van der Waals surface area contributed by atoms with E-state index in [-0.39, 0.29) is 0 Å². The Kier molecular flexibility index (Phi) is 4.78. The molecular weight excluding hydrogens is 236 g/mol. The van der Waals surface area contributed by atoms with Crippen LogP contribution in [0.3, 0.4) is 0 Å². The molecule has 2 saturated carbocycles. The molecule has 3 fully saturated rings. The van der Waals surface area contributed by atoms with Crippen LogP contribution in [0.15, 0.2) is 0 Å². The molecule has 0 amide bonds. The summed E-state index contributed by atoms with van der Waals surface area (Å²) >= 11 is 0. The van der Waals surface area contributed by atoms with E-state index < -0.39 is 0 Å². The van der Waals surface area contributed by atoms with Crippen molar-refractivity contribution in [3.05, 3.63) is 0 Å². The summed E-state index contributed by atoms with van der Waals surface area (Å²) in [6.07, 6.45) is 10.1. The van der Waals surface area contributed by atoms with E-state index in [0.29, 0.717) is 12.1 Å². The van der Waals surface area contributed by atoms with Crippen LogP contribution in [0.4, 0.5) is 0 Å². The highest BCUT2D eigenvalue weighted by atomic mass is 16.5. The summed E-state index contributed by atoms with van der Waals surface area (Å²) in [5.41, 5.74) is 0. The van der Waals surface area contributed by atoms with Crippen molar-refractivity contribution in [2.45, 2.75) is 70.1 Å². The standard InChI is InChI=1S/C16H30N2O/c1-2-9-17-14(13-7-8-13)12-18-10-11-19-16-6-4-3-5-15(16)18/h13-17H,2-12H2,1H3. The highest BCUT2D eigenvalue weighted by molar-refractivity contribution is 4.93. The average Bonchev–Trinajstić information content (AvgIpc) is 3.28. The van der Waals surface area contributed by atoms with Gasteiger partial charge in [0.15, 0.2) is 0 Å². The minimum atomic E-state index is 0.536. The van der Waals surface area contributed by atoms with Gasteiger partial charge in [0, 0.05) is 25.2 Å². The van der Waals surface area contributed by atoms with Gasteiger partial charge in [-0.3, -0.25) is 4.90 Å². The second kappa shape index (κ2) is 6.55. The number of ether oxygens (including phenoxy) is 1. The fourth-order valence-electron chi connectivity index (χ4n) is 3.86. The molecule has 1 saturated heterocycles. The van der Waals surface area contributed by atoms with Gasteiger partial charge in [-0.05, 0) is 44.6 Å². The van der Waals surface area contributed by atoms with Gasteiger partial charge in [0.05, 0.1) is 12.7 Å². The van der Waals surface area contributed by atoms with Crippen LogP contribution < -0.4 is 5.32 Å². The van der Waals surface area contributed by atoms with E-state index in [0.717, 1.165) is 25.1 Å². The molecular formula is C16H30N2O. The van der Waals surface area contributed by atoms with Crippen LogP contribution in [0.2, 0.25) is 0 Å². The van der Waals surface area contributed by atoms with E-state index in [1.165, 1.54) is 58.0 Å². The third kappa shape index (κ3) is 3.50. The summed E-state index contributed by atoms with van der Waals surface area (Å²) in [7, 11) is 0. The lowest BCUT2D eigenvalue weighted by Crippen LogP contribution is -2.56. The third-order valence-electron chi connectivity index (χ3n) is 5.13. The Bertz CT molecular complexity index is 278. The van der Waals surface area contributed by atoms with Gasteiger partial charge in [0.2, 0.25) is 0 Å². The third-order valence-corrected chi connectivity index (χ3v) is 5.13. The zero-order chi connectivity index (χ0) is 13.1. The quantitative estimate of drug-likeness (QED) is 0.799. The first-order valence-corrected chi connectivity index (χ1v) is 8.47. The van der Waals surface area contributed by atoms with E-state index in [2.05, 4.69) is 17.1 Å². The highest BCUT2D eigenvalue weighted by Crippen LogP contribution is 2.35. The highest BCUT2D eigenvalue weighted by Gasteiger charge is 2.38. The van der Waals surface area contributed by atoms with Crippen LogP contribution in [-0.4, -0.2) is 49.3 Å². The maximum Gasteiger partial charge on any atom is 0.0730 e. The number of hydrogen-bond acceptors (Lipinski definition) is 3. The molecule has 0 aromatic carbocycles. The molecule has 3 atom stereocenters. The summed E-state index contributed by atoms with van der Waals surface area (Å²) in [4.78, 5) is 2.75. The summed E-state index contributed by atoms with van der Waals surface area (Å²) in [6.45, 7) is 6.81. The first kappa shape index (κ1) is 13.8. The molecule has 3 aliphatic rings. The summed E-state index contributed by atoms with van der Waals surface area (Å²) in [5, 5.41) is 3.79. The molecule has 0 aromatic heterocycles. The van der Waals surface area contributed by atoms with Crippen LogP contribution in [0.5, 0.6) is 0 Å². The van der Waals surface area contributed by atoms with Crippen molar-refractivity contribution in [2.24, 2.45) is 5.92 Å². The Morgan fingerprint density at radius 3 is 2.84 bits per heavy atom.